The molecule has 0 spiro atoms. The van der Waals surface area contributed by atoms with Gasteiger partial charge in [-0.05, 0) is 93.6 Å². The third-order valence-corrected chi connectivity index (χ3v) is 7.52. The largest absolute Gasteiger partial charge is 0.461 e. The van der Waals surface area contributed by atoms with Crippen molar-refractivity contribution in [3.8, 4) is 11.4 Å². The molecule has 30 heavy (non-hydrogen) atoms. The second kappa shape index (κ2) is 7.47. The van der Waals surface area contributed by atoms with Gasteiger partial charge < -0.3 is 9.72 Å². The predicted octanol–water partition coefficient (Wildman–Crippen LogP) is 5.68. The Labute approximate surface area is 175 Å². The number of carbonyl (C=O) groups is 1. The molecule has 0 aliphatic heterocycles. The summed E-state index contributed by atoms with van der Waals surface area (Å²) in [5.74, 6) is 0.659. The lowest BCUT2D eigenvalue weighted by atomic mass is 9.48. The summed E-state index contributed by atoms with van der Waals surface area (Å²) in [4.78, 5) is 19.8. The van der Waals surface area contributed by atoms with Gasteiger partial charge in [-0.25, -0.2) is 18.6 Å². The summed E-state index contributed by atoms with van der Waals surface area (Å²) in [5.41, 5.74) is 0.889. The minimum absolute atomic E-state index is 0.0502. The predicted molar refractivity (Wildman–Crippen MR) is 109 cm³/mol. The zero-order chi connectivity index (χ0) is 20.9. The fourth-order valence-electron chi connectivity index (χ4n) is 6.79. The number of aromatic amines is 1. The molecule has 0 radical (unpaired) electrons. The molecule has 0 atom stereocenters. The molecule has 1 aromatic carbocycles. The van der Waals surface area contributed by atoms with Gasteiger partial charge in [0.25, 0.3) is 0 Å². The van der Waals surface area contributed by atoms with E-state index in [-0.39, 0.29) is 23.7 Å². The van der Waals surface area contributed by atoms with E-state index in [1.807, 2.05) is 0 Å². The number of benzene rings is 1. The number of rotatable bonds is 6. The standard InChI is InChI=1S/C24H28F2N2O2/c1-2-30-23(29)21-19(27-22(28-21)20-17(25)4-3-5-18(20)26)6-7-24-11-14-8-15(12-24)10-16(9-14)13-24/h3-5,14-16H,2,6-13H2,1H3,(H,27,28). The van der Waals surface area contributed by atoms with Crippen molar-refractivity contribution in [3.05, 3.63) is 41.2 Å². The Balaban J connectivity index is 1.44. The van der Waals surface area contributed by atoms with Gasteiger partial charge in [0.1, 0.15) is 17.5 Å². The Bertz CT molecular complexity index is 913. The molecular formula is C24H28F2N2O2. The van der Waals surface area contributed by atoms with E-state index in [9.17, 15) is 13.6 Å². The molecule has 4 aliphatic rings. The van der Waals surface area contributed by atoms with Gasteiger partial charge in [0.15, 0.2) is 5.69 Å². The number of imidazole rings is 1. The number of nitrogens with zero attached hydrogens (tertiary/aromatic N) is 1. The SMILES string of the molecule is CCOC(=O)c1nc(-c2c(F)cccc2F)[nH]c1CCC12CC3CC(CC(C3)C1)C2. The molecule has 6 heteroatoms. The van der Waals surface area contributed by atoms with Gasteiger partial charge >= 0.3 is 5.97 Å². The van der Waals surface area contributed by atoms with E-state index in [0.717, 1.165) is 24.2 Å². The monoisotopic (exact) mass is 414 g/mol. The van der Waals surface area contributed by atoms with Crippen LogP contribution in [0.25, 0.3) is 11.4 Å². The summed E-state index contributed by atoms with van der Waals surface area (Å²) >= 11 is 0. The molecule has 1 N–H and O–H groups in total. The second-order valence-electron chi connectivity index (χ2n) is 9.65. The van der Waals surface area contributed by atoms with E-state index in [4.69, 9.17) is 4.74 Å². The lowest BCUT2D eigenvalue weighted by molar-refractivity contribution is -0.0571. The molecule has 1 aromatic heterocycles. The van der Waals surface area contributed by atoms with Crippen molar-refractivity contribution in [2.75, 3.05) is 6.61 Å². The van der Waals surface area contributed by atoms with Gasteiger partial charge in [0.2, 0.25) is 0 Å². The quantitative estimate of drug-likeness (QED) is 0.619. The molecule has 0 saturated heterocycles. The Hall–Kier alpha value is -2.24. The van der Waals surface area contributed by atoms with Crippen LogP contribution in [-0.4, -0.2) is 22.5 Å². The molecule has 1 heterocycles. The van der Waals surface area contributed by atoms with Gasteiger partial charge in [-0.3, -0.25) is 0 Å². The van der Waals surface area contributed by atoms with Crippen molar-refractivity contribution in [1.82, 2.24) is 9.97 Å². The number of esters is 1. The third-order valence-electron chi connectivity index (χ3n) is 7.52. The van der Waals surface area contributed by atoms with Crippen LogP contribution < -0.4 is 0 Å². The Morgan fingerprint density at radius 3 is 2.30 bits per heavy atom. The first-order chi connectivity index (χ1) is 14.5. The maximum Gasteiger partial charge on any atom is 0.358 e. The highest BCUT2D eigenvalue weighted by molar-refractivity contribution is 5.89. The van der Waals surface area contributed by atoms with Crippen LogP contribution in [-0.2, 0) is 11.2 Å². The lowest BCUT2D eigenvalue weighted by Crippen LogP contribution is -2.46. The number of carbonyl (C=O) groups excluding carboxylic acids is 1. The van der Waals surface area contributed by atoms with Crippen LogP contribution in [0.15, 0.2) is 18.2 Å². The average molecular weight is 414 g/mol. The van der Waals surface area contributed by atoms with E-state index in [1.165, 1.54) is 56.7 Å². The number of nitrogens with one attached hydrogen (secondary N) is 1. The normalized spacial score (nSPS) is 29.4. The molecule has 2 aromatic rings. The van der Waals surface area contributed by atoms with E-state index >= 15 is 0 Å². The van der Waals surface area contributed by atoms with Gasteiger partial charge in [-0.1, -0.05) is 6.07 Å². The maximum atomic E-state index is 14.3. The first-order valence-electron chi connectivity index (χ1n) is 11.2. The highest BCUT2D eigenvalue weighted by Gasteiger charge is 2.50. The molecule has 0 amide bonds. The second-order valence-corrected chi connectivity index (χ2v) is 9.65. The minimum atomic E-state index is -0.702. The molecule has 0 unspecified atom stereocenters. The van der Waals surface area contributed by atoms with Crippen molar-refractivity contribution in [2.24, 2.45) is 23.2 Å². The number of hydrogen-bond donors (Lipinski definition) is 1. The van der Waals surface area contributed by atoms with Crippen LogP contribution in [0.3, 0.4) is 0 Å². The van der Waals surface area contributed by atoms with Gasteiger partial charge in [-0.15, -0.1) is 0 Å². The molecule has 4 bridgehead atoms. The van der Waals surface area contributed by atoms with Crippen LogP contribution >= 0.6 is 0 Å². The highest BCUT2D eigenvalue weighted by atomic mass is 19.1. The number of ether oxygens (including phenoxy) is 1. The van der Waals surface area contributed by atoms with Gasteiger partial charge in [-0.2, -0.15) is 0 Å². The molecule has 160 valence electrons. The number of hydrogen-bond acceptors (Lipinski definition) is 3. The average Bonchev–Trinajstić information content (AvgIpc) is 3.09. The van der Waals surface area contributed by atoms with Crippen LogP contribution in [0.5, 0.6) is 0 Å². The van der Waals surface area contributed by atoms with Crippen LogP contribution in [0.4, 0.5) is 8.78 Å². The van der Waals surface area contributed by atoms with E-state index in [2.05, 4.69) is 9.97 Å². The van der Waals surface area contributed by atoms with Gasteiger partial charge in [0, 0.05) is 5.69 Å². The lowest BCUT2D eigenvalue weighted by Gasteiger charge is -2.57. The molecule has 4 fully saturated rings. The number of aryl methyl sites for hydroxylation is 1. The van der Waals surface area contributed by atoms with Crippen molar-refractivity contribution >= 4 is 5.97 Å². The summed E-state index contributed by atoms with van der Waals surface area (Å²) in [5, 5.41) is 0. The Kier molecular flexibility index (Phi) is 4.91. The first kappa shape index (κ1) is 19.7. The summed E-state index contributed by atoms with van der Waals surface area (Å²) in [6.45, 7) is 1.96. The van der Waals surface area contributed by atoms with Crippen LogP contribution in [0, 0.1) is 34.8 Å². The fraction of sp³-hybridized carbons (Fsp3) is 0.583. The summed E-state index contributed by atoms with van der Waals surface area (Å²) in [6.07, 6.45) is 9.59. The van der Waals surface area contributed by atoms with Crippen molar-refractivity contribution < 1.29 is 18.3 Å². The highest BCUT2D eigenvalue weighted by Crippen LogP contribution is 2.61. The molecule has 6 rings (SSSR count). The number of aromatic nitrogens is 2. The summed E-state index contributed by atoms with van der Waals surface area (Å²) < 4.78 is 33.8. The maximum absolute atomic E-state index is 14.3. The van der Waals surface area contributed by atoms with Crippen LogP contribution in [0.1, 0.15) is 68.1 Å². The van der Waals surface area contributed by atoms with Crippen molar-refractivity contribution in [1.29, 1.82) is 0 Å². The topological polar surface area (TPSA) is 55.0 Å². The van der Waals surface area contributed by atoms with E-state index in [1.54, 1.807) is 6.92 Å². The van der Waals surface area contributed by atoms with Crippen molar-refractivity contribution in [3.63, 3.8) is 0 Å². The summed E-state index contributed by atoms with van der Waals surface area (Å²) in [7, 11) is 0. The van der Waals surface area contributed by atoms with Crippen LogP contribution in [0.2, 0.25) is 0 Å². The van der Waals surface area contributed by atoms with E-state index in [0.29, 0.717) is 17.5 Å². The summed E-state index contributed by atoms with van der Waals surface area (Å²) in [6, 6.07) is 3.71. The van der Waals surface area contributed by atoms with Gasteiger partial charge in [0.05, 0.1) is 12.2 Å². The number of H-pyrrole nitrogens is 1. The molecule has 4 saturated carbocycles. The Morgan fingerprint density at radius 2 is 1.73 bits per heavy atom. The molecule has 4 aliphatic carbocycles. The smallest absolute Gasteiger partial charge is 0.358 e. The fourth-order valence-corrected chi connectivity index (χ4v) is 6.79. The molecule has 4 nitrogen and oxygen atoms in total. The first-order valence-corrected chi connectivity index (χ1v) is 11.2. The minimum Gasteiger partial charge on any atom is -0.461 e. The van der Waals surface area contributed by atoms with Crippen molar-refractivity contribution in [2.45, 2.75) is 58.3 Å². The zero-order valence-corrected chi connectivity index (χ0v) is 17.3. The number of halogens is 2. The van der Waals surface area contributed by atoms with E-state index < -0.39 is 17.6 Å². The zero-order valence-electron chi connectivity index (χ0n) is 17.3. The Morgan fingerprint density at radius 1 is 1.13 bits per heavy atom. The molecular weight excluding hydrogens is 386 g/mol. The third kappa shape index (κ3) is 3.44.